The Morgan fingerprint density at radius 2 is 1.97 bits per heavy atom. The van der Waals surface area contributed by atoms with Crippen LogP contribution in [0.3, 0.4) is 0 Å². The van der Waals surface area contributed by atoms with Gasteiger partial charge in [0.2, 0.25) is 11.8 Å². The van der Waals surface area contributed by atoms with Crippen LogP contribution < -0.4 is 11.1 Å². The monoisotopic (exact) mass is 412 g/mol. The lowest BCUT2D eigenvalue weighted by atomic mass is 9.78. The zero-order valence-electron chi connectivity index (χ0n) is 17.9. The highest BCUT2D eigenvalue weighted by molar-refractivity contribution is 6.05. The molecule has 2 saturated heterocycles. The van der Waals surface area contributed by atoms with E-state index in [9.17, 15) is 14.4 Å². The van der Waals surface area contributed by atoms with Gasteiger partial charge in [-0.15, -0.1) is 0 Å². The third-order valence-corrected chi connectivity index (χ3v) is 7.05. The van der Waals surface area contributed by atoms with Crippen molar-refractivity contribution in [2.45, 2.75) is 71.1 Å². The molecule has 3 amide bonds. The maximum atomic E-state index is 13.3. The van der Waals surface area contributed by atoms with Crippen LogP contribution >= 0.6 is 0 Å². The highest BCUT2D eigenvalue weighted by Crippen LogP contribution is 2.35. The number of rotatable bonds is 5. The maximum Gasteiger partial charge on any atom is 0.255 e. The van der Waals surface area contributed by atoms with Crippen LogP contribution in [0, 0.1) is 5.41 Å². The summed E-state index contributed by atoms with van der Waals surface area (Å²) in [5.41, 5.74) is 8.81. The van der Waals surface area contributed by atoms with Gasteiger partial charge in [0, 0.05) is 31.1 Å². The lowest BCUT2D eigenvalue weighted by Crippen LogP contribution is -2.52. The Morgan fingerprint density at radius 3 is 2.70 bits per heavy atom. The van der Waals surface area contributed by atoms with Gasteiger partial charge in [-0.3, -0.25) is 24.6 Å². The number of nitrogens with zero attached hydrogens (tertiary/aromatic N) is 2. The number of hydrogen-bond donors (Lipinski definition) is 2. The number of carbonyl (C=O) groups excluding carboxylic acids is 3. The molecule has 1 aromatic rings. The third kappa shape index (κ3) is 3.76. The summed E-state index contributed by atoms with van der Waals surface area (Å²) in [4.78, 5) is 41.3. The number of hydrogen-bond acceptors (Lipinski definition) is 5. The smallest absolute Gasteiger partial charge is 0.255 e. The fourth-order valence-electron chi connectivity index (χ4n) is 5.24. The van der Waals surface area contributed by atoms with E-state index in [-0.39, 0.29) is 29.6 Å². The molecule has 0 spiro atoms. The molecule has 0 saturated carbocycles. The summed E-state index contributed by atoms with van der Waals surface area (Å²) in [6, 6.07) is 5.82. The number of carbonyl (C=O) groups is 3. The van der Waals surface area contributed by atoms with E-state index in [1.807, 2.05) is 18.2 Å². The fraction of sp³-hybridized carbons (Fsp3) is 0.609. The summed E-state index contributed by atoms with van der Waals surface area (Å²) in [7, 11) is 0. The Bertz CT molecular complexity index is 866. The summed E-state index contributed by atoms with van der Waals surface area (Å²) in [6.07, 6.45) is 4.14. The predicted octanol–water partition coefficient (Wildman–Crippen LogP) is 1.79. The minimum Gasteiger partial charge on any atom is -0.330 e. The van der Waals surface area contributed by atoms with Gasteiger partial charge >= 0.3 is 0 Å². The summed E-state index contributed by atoms with van der Waals surface area (Å²) in [6.45, 7) is 7.22. The predicted molar refractivity (Wildman–Crippen MR) is 113 cm³/mol. The Hall–Kier alpha value is -2.25. The number of amides is 3. The molecule has 0 radical (unpaired) electrons. The number of nitrogens with one attached hydrogen (secondary N) is 1. The molecule has 162 valence electrons. The molecule has 7 heteroatoms. The van der Waals surface area contributed by atoms with Crippen molar-refractivity contribution in [3.63, 3.8) is 0 Å². The zero-order valence-corrected chi connectivity index (χ0v) is 17.9. The van der Waals surface area contributed by atoms with Crippen LogP contribution in [0.1, 0.15) is 67.4 Å². The number of benzene rings is 1. The van der Waals surface area contributed by atoms with Crippen LogP contribution in [0.4, 0.5) is 0 Å². The molecule has 3 aliphatic rings. The largest absolute Gasteiger partial charge is 0.330 e. The van der Waals surface area contributed by atoms with Crippen LogP contribution in [-0.2, 0) is 22.7 Å². The van der Waals surface area contributed by atoms with Crippen LogP contribution in [-0.4, -0.2) is 52.7 Å². The van der Waals surface area contributed by atoms with Gasteiger partial charge in [0.1, 0.15) is 6.04 Å². The molecule has 3 aliphatic heterocycles. The Balaban J connectivity index is 1.57. The maximum absolute atomic E-state index is 13.3. The van der Waals surface area contributed by atoms with E-state index in [0.29, 0.717) is 32.1 Å². The molecule has 2 atom stereocenters. The number of fused-ring (bicyclic) bond motifs is 1. The summed E-state index contributed by atoms with van der Waals surface area (Å²) in [5, 5.41) is 2.37. The summed E-state index contributed by atoms with van der Waals surface area (Å²) >= 11 is 0. The van der Waals surface area contributed by atoms with Gasteiger partial charge in [0.15, 0.2) is 0 Å². The molecule has 3 N–H and O–H groups in total. The van der Waals surface area contributed by atoms with Crippen LogP contribution in [0.2, 0.25) is 0 Å². The first-order valence-electron chi connectivity index (χ1n) is 11.0. The molecular weight excluding hydrogens is 380 g/mol. The van der Waals surface area contributed by atoms with E-state index >= 15 is 0 Å². The lowest BCUT2D eigenvalue weighted by molar-refractivity contribution is -0.136. The molecule has 1 aromatic carbocycles. The van der Waals surface area contributed by atoms with Gasteiger partial charge in [0.25, 0.3) is 5.91 Å². The van der Waals surface area contributed by atoms with Crippen LogP contribution in [0.15, 0.2) is 18.2 Å². The second-order valence-electron chi connectivity index (χ2n) is 9.53. The van der Waals surface area contributed by atoms with E-state index in [2.05, 4.69) is 24.1 Å². The topological polar surface area (TPSA) is 95.7 Å². The minimum absolute atomic E-state index is 0.0150. The second-order valence-corrected chi connectivity index (χ2v) is 9.53. The van der Waals surface area contributed by atoms with Crippen molar-refractivity contribution in [1.29, 1.82) is 0 Å². The lowest BCUT2D eigenvalue weighted by Gasteiger charge is -2.45. The van der Waals surface area contributed by atoms with Gasteiger partial charge in [-0.1, -0.05) is 38.5 Å². The standard InChI is InChI=1S/C23H32N4O3/c1-23(2,14-24)18-8-3-4-11-26(18)12-15-6-5-7-16-13-27(22(30)20(15)16)17-9-10-19(28)25-21(17)29/h5-7,17-18H,3-4,8-14,24H2,1-2H3,(H,25,28,29). The summed E-state index contributed by atoms with van der Waals surface area (Å²) in [5.74, 6) is -0.726. The molecule has 0 aromatic heterocycles. The van der Waals surface area contributed by atoms with E-state index in [1.54, 1.807) is 4.90 Å². The van der Waals surface area contributed by atoms with Crippen molar-refractivity contribution >= 4 is 17.7 Å². The third-order valence-electron chi connectivity index (χ3n) is 7.05. The van der Waals surface area contributed by atoms with E-state index in [4.69, 9.17) is 5.73 Å². The molecule has 2 fully saturated rings. The molecule has 0 bridgehead atoms. The fourth-order valence-corrected chi connectivity index (χ4v) is 5.24. The molecule has 30 heavy (non-hydrogen) atoms. The number of imide groups is 1. The first kappa shape index (κ1) is 21.0. The van der Waals surface area contributed by atoms with Crippen LogP contribution in [0.25, 0.3) is 0 Å². The highest BCUT2D eigenvalue weighted by atomic mass is 16.2. The average Bonchev–Trinajstić information content (AvgIpc) is 3.06. The van der Waals surface area contributed by atoms with E-state index in [0.717, 1.165) is 36.1 Å². The van der Waals surface area contributed by atoms with Crippen LogP contribution in [0.5, 0.6) is 0 Å². The average molecular weight is 413 g/mol. The quantitative estimate of drug-likeness (QED) is 0.719. The van der Waals surface area contributed by atoms with Gasteiger partial charge in [-0.05, 0) is 48.9 Å². The van der Waals surface area contributed by atoms with Crippen molar-refractivity contribution in [3.8, 4) is 0 Å². The molecular formula is C23H32N4O3. The number of nitrogens with two attached hydrogens (primary N) is 1. The van der Waals surface area contributed by atoms with Crippen molar-refractivity contribution in [1.82, 2.24) is 15.1 Å². The van der Waals surface area contributed by atoms with Crippen molar-refractivity contribution < 1.29 is 14.4 Å². The zero-order chi connectivity index (χ0) is 21.5. The van der Waals surface area contributed by atoms with Gasteiger partial charge in [0.05, 0.1) is 0 Å². The minimum atomic E-state index is -0.575. The van der Waals surface area contributed by atoms with Crippen molar-refractivity contribution in [2.75, 3.05) is 13.1 Å². The number of likely N-dealkylation sites (tertiary alicyclic amines) is 1. The summed E-state index contributed by atoms with van der Waals surface area (Å²) < 4.78 is 0. The molecule has 2 unspecified atom stereocenters. The molecule has 3 heterocycles. The van der Waals surface area contributed by atoms with Crippen molar-refractivity contribution in [3.05, 3.63) is 34.9 Å². The van der Waals surface area contributed by atoms with E-state index in [1.165, 1.54) is 6.42 Å². The molecule has 7 nitrogen and oxygen atoms in total. The van der Waals surface area contributed by atoms with Gasteiger partial charge in [-0.2, -0.15) is 0 Å². The van der Waals surface area contributed by atoms with Gasteiger partial charge < -0.3 is 10.6 Å². The molecule has 4 rings (SSSR count). The van der Waals surface area contributed by atoms with Gasteiger partial charge in [-0.25, -0.2) is 0 Å². The van der Waals surface area contributed by atoms with Crippen molar-refractivity contribution in [2.24, 2.45) is 11.1 Å². The normalized spacial score (nSPS) is 25.4. The van der Waals surface area contributed by atoms with E-state index < -0.39 is 6.04 Å². The first-order valence-corrected chi connectivity index (χ1v) is 11.0. The Morgan fingerprint density at radius 1 is 1.17 bits per heavy atom. The SMILES string of the molecule is CC(C)(CN)C1CCCCN1Cc1cccc2c1C(=O)N(C1CCC(=O)NC1=O)C2. The Kier molecular flexibility index (Phi) is 5.68. The molecule has 0 aliphatic carbocycles. The second kappa shape index (κ2) is 8.12. The first-order chi connectivity index (χ1) is 14.3. The Labute approximate surface area is 178 Å². The number of piperidine rings is 2. The highest BCUT2D eigenvalue weighted by Gasteiger charge is 2.41.